The third kappa shape index (κ3) is 2.77. The predicted octanol–water partition coefficient (Wildman–Crippen LogP) is 2.50. The molecule has 2 aromatic heterocycles. The fraction of sp³-hybridized carbons (Fsp3) is 0.300. The Morgan fingerprint density at radius 2 is 2.11 bits per heavy atom. The average Bonchev–Trinajstić information content (AvgIpc) is 3.39. The lowest BCUT2D eigenvalue weighted by Gasteiger charge is -2.11. The van der Waals surface area contributed by atoms with Gasteiger partial charge in [-0.2, -0.15) is 0 Å². The predicted molar refractivity (Wildman–Crippen MR) is 99.1 cm³/mol. The van der Waals surface area contributed by atoms with Gasteiger partial charge >= 0.3 is 5.97 Å². The monoisotopic (exact) mass is 381 g/mol. The number of aromatic nitrogens is 3. The summed E-state index contributed by atoms with van der Waals surface area (Å²) in [5.74, 6) is -0.102. The van der Waals surface area contributed by atoms with Crippen LogP contribution in [-0.2, 0) is 26.3 Å². The largest absolute Gasteiger partial charge is 0.493 e. The number of carbonyl (C=O) groups is 2. The lowest BCUT2D eigenvalue weighted by atomic mass is 10.0. The highest BCUT2D eigenvalue weighted by Gasteiger charge is 2.55. The molecule has 0 radical (unpaired) electrons. The van der Waals surface area contributed by atoms with E-state index in [0.29, 0.717) is 36.5 Å². The first-order chi connectivity index (χ1) is 13.5. The maximum absolute atomic E-state index is 11.7. The molecule has 1 aliphatic rings. The van der Waals surface area contributed by atoms with Crippen molar-refractivity contribution in [2.45, 2.75) is 31.8 Å². The Bertz CT molecular complexity index is 1080. The summed E-state index contributed by atoms with van der Waals surface area (Å²) in [6.45, 7) is 2.53. The van der Waals surface area contributed by atoms with Gasteiger partial charge in [0.15, 0.2) is 17.2 Å². The molecule has 0 atom stereocenters. The number of nitrogens with zero attached hydrogens (tertiary/aromatic N) is 3. The van der Waals surface area contributed by atoms with Crippen molar-refractivity contribution in [1.82, 2.24) is 14.6 Å². The SMILES string of the molecule is COc1ccc(-c2ccc(C)c(COC=O)c2)n2nc(C3(C(=O)O)CC3)nc12. The van der Waals surface area contributed by atoms with Crippen LogP contribution in [0.1, 0.15) is 29.8 Å². The van der Waals surface area contributed by atoms with Crippen LogP contribution in [0.25, 0.3) is 16.9 Å². The Morgan fingerprint density at radius 1 is 1.32 bits per heavy atom. The molecule has 1 N–H and O–H groups in total. The van der Waals surface area contributed by atoms with Gasteiger partial charge in [0.05, 0.1) is 12.8 Å². The van der Waals surface area contributed by atoms with Gasteiger partial charge in [0, 0.05) is 5.56 Å². The van der Waals surface area contributed by atoms with E-state index >= 15 is 0 Å². The zero-order valence-corrected chi connectivity index (χ0v) is 15.5. The van der Waals surface area contributed by atoms with Gasteiger partial charge < -0.3 is 14.6 Å². The van der Waals surface area contributed by atoms with Gasteiger partial charge in [-0.05, 0) is 49.1 Å². The highest BCUT2D eigenvalue weighted by Crippen LogP contribution is 2.47. The maximum Gasteiger partial charge on any atom is 0.317 e. The molecule has 144 valence electrons. The first kappa shape index (κ1) is 18.0. The Morgan fingerprint density at radius 3 is 2.75 bits per heavy atom. The van der Waals surface area contributed by atoms with E-state index in [1.807, 2.05) is 31.2 Å². The van der Waals surface area contributed by atoms with Crippen molar-refractivity contribution < 1.29 is 24.2 Å². The summed E-state index contributed by atoms with van der Waals surface area (Å²) in [5, 5.41) is 14.1. The topological polar surface area (TPSA) is 103 Å². The molecule has 2 heterocycles. The van der Waals surface area contributed by atoms with Crippen molar-refractivity contribution in [1.29, 1.82) is 0 Å². The summed E-state index contributed by atoms with van der Waals surface area (Å²) in [7, 11) is 1.54. The van der Waals surface area contributed by atoms with Crippen molar-refractivity contribution >= 4 is 18.1 Å². The summed E-state index contributed by atoms with van der Waals surface area (Å²) in [5.41, 5.74) is 2.91. The number of rotatable bonds is 7. The average molecular weight is 381 g/mol. The highest BCUT2D eigenvalue weighted by atomic mass is 16.5. The summed E-state index contributed by atoms with van der Waals surface area (Å²) in [6, 6.07) is 9.43. The zero-order chi connectivity index (χ0) is 19.9. The van der Waals surface area contributed by atoms with Gasteiger partial charge in [-0.1, -0.05) is 12.1 Å². The minimum Gasteiger partial charge on any atom is -0.493 e. The molecule has 1 aromatic carbocycles. The van der Waals surface area contributed by atoms with Crippen LogP contribution in [0.4, 0.5) is 0 Å². The Hall–Kier alpha value is -3.42. The number of benzene rings is 1. The van der Waals surface area contributed by atoms with Crippen LogP contribution in [-0.4, -0.2) is 39.3 Å². The number of carboxylic acid groups (broad SMARTS) is 1. The quantitative estimate of drug-likeness (QED) is 0.627. The molecule has 4 rings (SSSR count). The van der Waals surface area contributed by atoms with E-state index in [1.165, 1.54) is 7.11 Å². The molecule has 1 saturated carbocycles. The van der Waals surface area contributed by atoms with Gasteiger partial charge in [0.2, 0.25) is 0 Å². The molecule has 0 bridgehead atoms. The molecule has 1 aliphatic carbocycles. The van der Waals surface area contributed by atoms with Crippen molar-refractivity contribution in [3.05, 3.63) is 47.3 Å². The number of ether oxygens (including phenoxy) is 2. The second kappa shape index (κ2) is 6.63. The minimum atomic E-state index is -1.01. The number of carbonyl (C=O) groups excluding carboxylic acids is 1. The van der Waals surface area contributed by atoms with Crippen molar-refractivity contribution in [2.75, 3.05) is 7.11 Å². The van der Waals surface area contributed by atoms with Crippen LogP contribution in [0, 0.1) is 6.92 Å². The van der Waals surface area contributed by atoms with Crippen molar-refractivity contribution in [2.24, 2.45) is 0 Å². The molecule has 0 saturated heterocycles. The van der Waals surface area contributed by atoms with Gasteiger partial charge in [0.25, 0.3) is 6.47 Å². The Balaban J connectivity index is 1.87. The lowest BCUT2D eigenvalue weighted by molar-refractivity contribution is -0.140. The first-order valence-corrected chi connectivity index (χ1v) is 8.83. The normalized spacial score (nSPS) is 14.6. The van der Waals surface area contributed by atoms with Crippen molar-refractivity contribution in [3.8, 4) is 17.0 Å². The van der Waals surface area contributed by atoms with E-state index in [1.54, 1.807) is 10.6 Å². The summed E-state index contributed by atoms with van der Waals surface area (Å²) in [4.78, 5) is 26.7. The third-order valence-electron chi connectivity index (χ3n) is 5.21. The third-order valence-corrected chi connectivity index (χ3v) is 5.21. The van der Waals surface area contributed by atoms with Crippen LogP contribution in [0.2, 0.25) is 0 Å². The number of pyridine rings is 1. The molecule has 0 spiro atoms. The summed E-state index contributed by atoms with van der Waals surface area (Å²) < 4.78 is 11.9. The zero-order valence-electron chi connectivity index (χ0n) is 15.5. The van der Waals surface area contributed by atoms with E-state index in [2.05, 4.69) is 10.1 Å². The molecule has 0 aliphatic heterocycles. The number of aryl methyl sites for hydroxylation is 1. The van der Waals surface area contributed by atoms with Crippen LogP contribution in [0.3, 0.4) is 0 Å². The van der Waals surface area contributed by atoms with E-state index in [9.17, 15) is 14.7 Å². The molecule has 3 aromatic rings. The standard InChI is InChI=1S/C20H19N3O5/c1-12-3-4-13(9-14(12)10-28-11-24)15-5-6-16(27-2)17-21-18(22-23(15)17)20(7-8-20)19(25)26/h3-6,9,11H,7-8,10H2,1-2H3,(H,25,26). The van der Waals surface area contributed by atoms with Gasteiger partial charge in [-0.3, -0.25) is 9.59 Å². The first-order valence-electron chi connectivity index (χ1n) is 8.83. The van der Waals surface area contributed by atoms with E-state index < -0.39 is 11.4 Å². The molecule has 0 unspecified atom stereocenters. The Labute approximate surface area is 160 Å². The molecule has 0 amide bonds. The van der Waals surface area contributed by atoms with E-state index in [0.717, 1.165) is 22.4 Å². The van der Waals surface area contributed by atoms with Gasteiger partial charge in [-0.15, -0.1) is 5.10 Å². The number of aliphatic carboxylic acids is 1. The van der Waals surface area contributed by atoms with E-state index in [-0.39, 0.29) is 6.61 Å². The van der Waals surface area contributed by atoms with Crippen LogP contribution >= 0.6 is 0 Å². The molecule has 28 heavy (non-hydrogen) atoms. The lowest BCUT2D eigenvalue weighted by Crippen LogP contribution is -2.21. The smallest absolute Gasteiger partial charge is 0.317 e. The van der Waals surface area contributed by atoms with Crippen molar-refractivity contribution in [3.63, 3.8) is 0 Å². The fourth-order valence-corrected chi connectivity index (χ4v) is 3.29. The van der Waals surface area contributed by atoms with Gasteiger partial charge in [-0.25, -0.2) is 9.50 Å². The molecule has 8 heteroatoms. The van der Waals surface area contributed by atoms with Crippen LogP contribution in [0.15, 0.2) is 30.3 Å². The van der Waals surface area contributed by atoms with Crippen LogP contribution in [0.5, 0.6) is 5.75 Å². The second-order valence-electron chi connectivity index (χ2n) is 6.89. The number of methoxy groups -OCH3 is 1. The number of hydrogen-bond donors (Lipinski definition) is 1. The fourth-order valence-electron chi connectivity index (χ4n) is 3.29. The summed E-state index contributed by atoms with van der Waals surface area (Å²) in [6.07, 6.45) is 1.04. The number of fused-ring (bicyclic) bond motifs is 1. The highest BCUT2D eigenvalue weighted by molar-refractivity contribution is 5.84. The summed E-state index contributed by atoms with van der Waals surface area (Å²) >= 11 is 0. The molecular weight excluding hydrogens is 362 g/mol. The minimum absolute atomic E-state index is 0.174. The second-order valence-corrected chi connectivity index (χ2v) is 6.89. The van der Waals surface area contributed by atoms with E-state index in [4.69, 9.17) is 9.47 Å². The Kier molecular flexibility index (Phi) is 4.26. The number of carboxylic acids is 1. The molecular formula is C20H19N3O5. The van der Waals surface area contributed by atoms with Crippen LogP contribution < -0.4 is 4.74 Å². The maximum atomic E-state index is 11.7. The molecule has 8 nitrogen and oxygen atoms in total. The molecule has 1 fully saturated rings. The number of hydrogen-bond acceptors (Lipinski definition) is 6. The van der Waals surface area contributed by atoms with Gasteiger partial charge in [0.1, 0.15) is 12.0 Å².